The topological polar surface area (TPSA) is 59.6 Å². The Kier molecular flexibility index (Phi) is 8.91. The van der Waals surface area contributed by atoms with Crippen molar-refractivity contribution in [2.24, 2.45) is 0 Å². The lowest BCUT2D eigenvalue weighted by Gasteiger charge is -2.39. The number of hydrogen-bond donors (Lipinski definition) is 2. The summed E-state index contributed by atoms with van der Waals surface area (Å²) in [6, 6.07) is 26.5. The monoisotopic (exact) mass is 517 g/mol. The Labute approximate surface area is 225 Å². The number of benzene rings is 3. The number of piperidine rings is 1. The van der Waals surface area contributed by atoms with Crippen molar-refractivity contribution in [3.63, 3.8) is 0 Å². The standard InChI is InChI=1S/C31H35N3O2.ClH/c1-23-30(28-22-27(35)12-13-29(28)32-23)31(36)34(21-15-25-10-6-3-7-11-25)26-16-19-33(20-17-26)18-14-24-8-4-2-5-9-24;/h2-13,22,26,32,35H,14-21H2,1H3;1H. The van der Waals surface area contributed by atoms with Gasteiger partial charge in [0, 0.05) is 48.8 Å². The van der Waals surface area contributed by atoms with Gasteiger partial charge in [-0.05, 0) is 61.9 Å². The number of hydrogen-bond acceptors (Lipinski definition) is 3. The minimum Gasteiger partial charge on any atom is -0.508 e. The number of fused-ring (bicyclic) bond motifs is 1. The number of aryl methyl sites for hydroxylation is 1. The lowest BCUT2D eigenvalue weighted by Crippen LogP contribution is -2.48. The fraction of sp³-hybridized carbons (Fsp3) is 0.323. The molecule has 1 aromatic heterocycles. The molecule has 2 N–H and O–H groups in total. The Morgan fingerprint density at radius 1 is 0.946 bits per heavy atom. The smallest absolute Gasteiger partial charge is 0.256 e. The molecule has 0 unspecified atom stereocenters. The van der Waals surface area contributed by atoms with Crippen LogP contribution >= 0.6 is 12.4 Å². The number of amides is 1. The SMILES string of the molecule is Cc1[nH]c2ccc(O)cc2c1C(=O)N(CCc1ccccc1)C1CCN(CCc2ccccc2)CC1.Cl. The lowest BCUT2D eigenvalue weighted by molar-refractivity contribution is 0.0578. The quantitative estimate of drug-likeness (QED) is 0.301. The van der Waals surface area contributed by atoms with E-state index in [0.29, 0.717) is 12.1 Å². The zero-order chi connectivity index (χ0) is 24.9. The predicted octanol–water partition coefficient (Wildman–Crippen LogP) is 6.00. The average molecular weight is 518 g/mol. The minimum atomic E-state index is 0. The zero-order valence-corrected chi connectivity index (χ0v) is 22.2. The van der Waals surface area contributed by atoms with Gasteiger partial charge in [-0.25, -0.2) is 0 Å². The molecule has 6 heteroatoms. The molecule has 0 aliphatic carbocycles. The van der Waals surface area contributed by atoms with Crippen LogP contribution < -0.4 is 0 Å². The second kappa shape index (κ2) is 12.3. The van der Waals surface area contributed by atoms with Gasteiger partial charge in [0.05, 0.1) is 5.56 Å². The third kappa shape index (κ3) is 6.35. The summed E-state index contributed by atoms with van der Waals surface area (Å²) in [6.45, 7) is 5.68. The highest BCUT2D eigenvalue weighted by molar-refractivity contribution is 6.08. The van der Waals surface area contributed by atoms with Crippen molar-refractivity contribution in [2.75, 3.05) is 26.2 Å². The van der Waals surface area contributed by atoms with Crippen molar-refractivity contribution in [1.29, 1.82) is 0 Å². The summed E-state index contributed by atoms with van der Waals surface area (Å²) >= 11 is 0. The van der Waals surface area contributed by atoms with E-state index < -0.39 is 0 Å². The summed E-state index contributed by atoms with van der Waals surface area (Å²) in [5.41, 5.74) is 5.03. The van der Waals surface area contributed by atoms with Crippen LogP contribution in [0.25, 0.3) is 10.9 Å². The van der Waals surface area contributed by atoms with Gasteiger partial charge < -0.3 is 19.9 Å². The van der Waals surface area contributed by atoms with Crippen LogP contribution in [-0.2, 0) is 12.8 Å². The first-order chi connectivity index (χ1) is 17.6. The van der Waals surface area contributed by atoms with Gasteiger partial charge in [-0.1, -0.05) is 60.7 Å². The van der Waals surface area contributed by atoms with E-state index in [1.54, 1.807) is 12.1 Å². The summed E-state index contributed by atoms with van der Waals surface area (Å²) in [6.07, 6.45) is 3.83. The fourth-order valence-corrected chi connectivity index (χ4v) is 5.46. The molecule has 0 saturated carbocycles. The summed E-state index contributed by atoms with van der Waals surface area (Å²) in [5, 5.41) is 10.9. The number of aromatic amines is 1. The van der Waals surface area contributed by atoms with Gasteiger partial charge in [-0.2, -0.15) is 0 Å². The molecule has 0 bridgehead atoms. The third-order valence-corrected chi connectivity index (χ3v) is 7.49. The number of aromatic nitrogens is 1. The normalized spacial score (nSPS) is 14.4. The molecule has 0 spiro atoms. The van der Waals surface area contributed by atoms with Crippen LogP contribution in [0.2, 0.25) is 0 Å². The van der Waals surface area contributed by atoms with E-state index in [1.807, 2.05) is 19.1 Å². The number of carbonyl (C=O) groups is 1. The molecule has 194 valence electrons. The van der Waals surface area contributed by atoms with E-state index in [0.717, 1.165) is 61.9 Å². The number of rotatable bonds is 8. The molecule has 37 heavy (non-hydrogen) atoms. The molecule has 1 saturated heterocycles. The van der Waals surface area contributed by atoms with Crippen LogP contribution in [0.4, 0.5) is 0 Å². The molecular weight excluding hydrogens is 482 g/mol. The minimum absolute atomic E-state index is 0. The number of nitrogens with one attached hydrogen (secondary N) is 1. The van der Waals surface area contributed by atoms with Gasteiger partial charge in [-0.3, -0.25) is 4.79 Å². The van der Waals surface area contributed by atoms with Crippen LogP contribution in [0.1, 0.15) is 40.0 Å². The van der Waals surface area contributed by atoms with Crippen molar-refractivity contribution < 1.29 is 9.90 Å². The van der Waals surface area contributed by atoms with E-state index in [9.17, 15) is 9.90 Å². The van der Waals surface area contributed by atoms with E-state index in [2.05, 4.69) is 69.4 Å². The highest BCUT2D eigenvalue weighted by Gasteiger charge is 2.30. The second-order valence-electron chi connectivity index (χ2n) is 9.90. The Bertz CT molecular complexity index is 1300. The van der Waals surface area contributed by atoms with Crippen molar-refractivity contribution >= 4 is 29.2 Å². The molecule has 5 nitrogen and oxygen atoms in total. The number of phenolic OH excluding ortho intramolecular Hbond substituents is 1. The van der Waals surface area contributed by atoms with Gasteiger partial charge >= 0.3 is 0 Å². The number of aromatic hydroxyl groups is 1. The van der Waals surface area contributed by atoms with Crippen molar-refractivity contribution in [1.82, 2.24) is 14.8 Å². The molecule has 2 heterocycles. The van der Waals surface area contributed by atoms with E-state index in [-0.39, 0.29) is 30.1 Å². The number of halogens is 1. The Morgan fingerprint density at radius 2 is 1.57 bits per heavy atom. The van der Waals surface area contributed by atoms with Gasteiger partial charge in [0.15, 0.2) is 0 Å². The van der Waals surface area contributed by atoms with Gasteiger partial charge in [0.2, 0.25) is 0 Å². The summed E-state index contributed by atoms with van der Waals surface area (Å²) in [4.78, 5) is 22.0. The molecule has 3 aromatic carbocycles. The van der Waals surface area contributed by atoms with Crippen molar-refractivity contribution in [2.45, 2.75) is 38.6 Å². The molecular formula is C31H36ClN3O2. The molecule has 1 aliphatic heterocycles. The number of nitrogens with zero attached hydrogens (tertiary/aromatic N) is 2. The molecule has 5 rings (SSSR count). The number of H-pyrrole nitrogens is 1. The maximum Gasteiger partial charge on any atom is 0.256 e. The van der Waals surface area contributed by atoms with Crippen LogP contribution in [0.15, 0.2) is 78.9 Å². The number of carbonyl (C=O) groups excluding carboxylic acids is 1. The molecule has 0 radical (unpaired) electrons. The van der Waals surface area contributed by atoms with E-state index >= 15 is 0 Å². The highest BCUT2D eigenvalue weighted by atomic mass is 35.5. The van der Waals surface area contributed by atoms with E-state index in [4.69, 9.17) is 0 Å². The first kappa shape index (κ1) is 26.8. The van der Waals surface area contributed by atoms with Gasteiger partial charge in [0.25, 0.3) is 5.91 Å². The third-order valence-electron chi connectivity index (χ3n) is 7.49. The van der Waals surface area contributed by atoms with Crippen LogP contribution in [0, 0.1) is 6.92 Å². The first-order valence-corrected chi connectivity index (χ1v) is 13.0. The van der Waals surface area contributed by atoms with Crippen LogP contribution in [0.3, 0.4) is 0 Å². The average Bonchev–Trinajstić information content (AvgIpc) is 3.24. The lowest BCUT2D eigenvalue weighted by atomic mass is 9.99. The zero-order valence-electron chi connectivity index (χ0n) is 21.4. The highest BCUT2D eigenvalue weighted by Crippen LogP contribution is 2.29. The molecule has 1 amide bonds. The molecule has 4 aromatic rings. The van der Waals surface area contributed by atoms with Crippen LogP contribution in [-0.4, -0.2) is 58.0 Å². The largest absolute Gasteiger partial charge is 0.508 e. The maximum absolute atomic E-state index is 14.1. The van der Waals surface area contributed by atoms with Crippen molar-refractivity contribution in [3.8, 4) is 5.75 Å². The van der Waals surface area contributed by atoms with Gasteiger partial charge in [0.1, 0.15) is 5.75 Å². The summed E-state index contributed by atoms with van der Waals surface area (Å²) in [7, 11) is 0. The molecule has 1 fully saturated rings. The molecule has 0 atom stereocenters. The Hall–Kier alpha value is -3.28. The fourth-order valence-electron chi connectivity index (χ4n) is 5.46. The maximum atomic E-state index is 14.1. The van der Waals surface area contributed by atoms with Crippen LogP contribution in [0.5, 0.6) is 5.75 Å². The number of likely N-dealkylation sites (tertiary alicyclic amines) is 1. The Balaban J connectivity index is 0.00000320. The summed E-state index contributed by atoms with van der Waals surface area (Å²) in [5.74, 6) is 0.237. The Morgan fingerprint density at radius 3 is 2.22 bits per heavy atom. The predicted molar refractivity (Wildman–Crippen MR) is 153 cm³/mol. The number of phenols is 1. The van der Waals surface area contributed by atoms with Crippen molar-refractivity contribution in [3.05, 3.63) is 101 Å². The summed E-state index contributed by atoms with van der Waals surface area (Å²) < 4.78 is 0. The second-order valence-corrected chi connectivity index (χ2v) is 9.90. The first-order valence-electron chi connectivity index (χ1n) is 13.0. The molecule has 1 aliphatic rings. The van der Waals surface area contributed by atoms with E-state index in [1.165, 1.54) is 11.1 Å². The van der Waals surface area contributed by atoms with Gasteiger partial charge in [-0.15, -0.1) is 12.4 Å².